The first kappa shape index (κ1) is 16.0. The molecule has 9 heteroatoms. The van der Waals surface area contributed by atoms with Crippen LogP contribution in [-0.4, -0.2) is 28.5 Å². The number of halogens is 4. The Bertz CT molecular complexity index is 550. The molecule has 0 radical (unpaired) electrons. The summed E-state index contributed by atoms with van der Waals surface area (Å²) in [5.41, 5.74) is -4.01. The number of nitrogens with one attached hydrogen (secondary N) is 1. The summed E-state index contributed by atoms with van der Waals surface area (Å²) in [7, 11) is -1.34. The van der Waals surface area contributed by atoms with E-state index in [0.29, 0.717) is 6.08 Å². The van der Waals surface area contributed by atoms with Crippen molar-refractivity contribution in [3.05, 3.63) is 23.2 Å². The molecule has 0 spiro atoms. The largest absolute Gasteiger partial charge is 0.525 e. The molecule has 21 heavy (non-hydrogen) atoms. The van der Waals surface area contributed by atoms with Crippen LogP contribution in [0.4, 0.5) is 17.6 Å². The number of hydrogen-bond acceptors (Lipinski definition) is 3. The lowest BCUT2D eigenvalue weighted by atomic mass is 9.87. The quantitative estimate of drug-likeness (QED) is 0.673. The fraction of sp³-hybridized carbons (Fsp3) is 0.583. The van der Waals surface area contributed by atoms with E-state index in [2.05, 4.69) is 5.10 Å². The molecule has 116 valence electrons. The maximum absolute atomic E-state index is 14.1. The molecule has 1 saturated heterocycles. The normalized spacial score (nSPS) is 21.9. The highest BCUT2D eigenvalue weighted by Gasteiger charge is 2.53. The first-order chi connectivity index (χ1) is 9.44. The summed E-state index contributed by atoms with van der Waals surface area (Å²) in [4.78, 5) is 0. The Morgan fingerprint density at radius 3 is 2.24 bits per heavy atom. The van der Waals surface area contributed by atoms with Gasteiger partial charge in [-0.25, -0.2) is 4.39 Å². The topological polar surface area (TPSA) is 47.1 Å². The van der Waals surface area contributed by atoms with Crippen molar-refractivity contribution in [2.45, 2.75) is 45.1 Å². The highest BCUT2D eigenvalue weighted by Crippen LogP contribution is 2.39. The van der Waals surface area contributed by atoms with Crippen LogP contribution in [0.5, 0.6) is 0 Å². The minimum Gasteiger partial charge on any atom is -0.398 e. The third-order valence-corrected chi connectivity index (χ3v) is 3.72. The Kier molecular flexibility index (Phi) is 3.70. The molecule has 2 heterocycles. The molecule has 0 unspecified atom stereocenters. The van der Waals surface area contributed by atoms with Gasteiger partial charge in [0.25, 0.3) is 0 Å². The Hall–Kier alpha value is -1.35. The van der Waals surface area contributed by atoms with Crippen LogP contribution in [0.15, 0.2) is 11.9 Å². The molecule has 1 aromatic rings. The van der Waals surface area contributed by atoms with Gasteiger partial charge in [0.2, 0.25) is 0 Å². The van der Waals surface area contributed by atoms with Crippen LogP contribution in [0.3, 0.4) is 0 Å². The molecule has 0 bridgehead atoms. The van der Waals surface area contributed by atoms with E-state index < -0.39 is 41.5 Å². The molecule has 0 aromatic carbocycles. The van der Waals surface area contributed by atoms with Gasteiger partial charge in [-0.3, -0.25) is 5.10 Å². The summed E-state index contributed by atoms with van der Waals surface area (Å²) >= 11 is 0. The van der Waals surface area contributed by atoms with Gasteiger partial charge in [0.15, 0.2) is 0 Å². The minimum absolute atomic E-state index is 0.408. The summed E-state index contributed by atoms with van der Waals surface area (Å²) in [6, 6.07) is 0. The number of nitrogens with zero attached hydrogens (tertiary/aromatic N) is 1. The second-order valence-electron chi connectivity index (χ2n) is 5.82. The van der Waals surface area contributed by atoms with Crippen molar-refractivity contribution < 1.29 is 26.9 Å². The number of hydrogen-bond donors (Lipinski definition) is 1. The zero-order valence-corrected chi connectivity index (χ0v) is 12.0. The van der Waals surface area contributed by atoms with Gasteiger partial charge in [0.05, 0.1) is 17.4 Å². The van der Waals surface area contributed by atoms with Crippen molar-refractivity contribution in [2.75, 3.05) is 0 Å². The van der Waals surface area contributed by atoms with Crippen LogP contribution < -0.4 is 0 Å². The van der Waals surface area contributed by atoms with Crippen molar-refractivity contribution in [2.24, 2.45) is 0 Å². The molecule has 1 fully saturated rings. The van der Waals surface area contributed by atoms with Gasteiger partial charge in [-0.2, -0.15) is 18.3 Å². The summed E-state index contributed by atoms with van der Waals surface area (Å²) < 4.78 is 63.0. The van der Waals surface area contributed by atoms with E-state index in [0.717, 1.165) is 6.20 Å². The van der Waals surface area contributed by atoms with Gasteiger partial charge < -0.3 is 9.31 Å². The molecule has 1 aromatic heterocycles. The summed E-state index contributed by atoms with van der Waals surface area (Å²) in [6.45, 7) is 6.89. The van der Waals surface area contributed by atoms with E-state index in [1.807, 2.05) is 0 Å². The van der Waals surface area contributed by atoms with Gasteiger partial charge in [0.1, 0.15) is 11.4 Å². The lowest BCUT2D eigenvalue weighted by Crippen LogP contribution is -2.41. The molecule has 1 N–H and O–H groups in total. The predicted octanol–water partition coefficient (Wildman–Crippen LogP) is 3.37. The highest BCUT2D eigenvalue weighted by molar-refractivity contribution is 6.54. The second kappa shape index (κ2) is 4.84. The van der Waals surface area contributed by atoms with Gasteiger partial charge in [-0.15, -0.1) is 0 Å². The average molecular weight is 306 g/mol. The lowest BCUT2D eigenvalue weighted by molar-refractivity contribution is -0.141. The monoisotopic (exact) mass is 306 g/mol. The van der Waals surface area contributed by atoms with Gasteiger partial charge in [0, 0.05) is 5.56 Å². The SMILES string of the molecule is CC1(C)OB(C(F)=Cc2cn[nH]c2C(F)(F)F)OC1(C)C. The number of aromatic nitrogens is 2. The van der Waals surface area contributed by atoms with E-state index in [-0.39, 0.29) is 0 Å². The molecule has 0 aliphatic carbocycles. The maximum Gasteiger partial charge on any atom is 0.525 e. The first-order valence-electron chi connectivity index (χ1n) is 6.27. The summed E-state index contributed by atoms with van der Waals surface area (Å²) in [5.74, 6) is 0. The van der Waals surface area contributed by atoms with Crippen molar-refractivity contribution in [1.29, 1.82) is 0 Å². The Morgan fingerprint density at radius 2 is 1.76 bits per heavy atom. The zero-order valence-electron chi connectivity index (χ0n) is 12.0. The third-order valence-electron chi connectivity index (χ3n) is 3.72. The molecule has 0 saturated carbocycles. The van der Waals surface area contributed by atoms with Crippen LogP contribution in [0.25, 0.3) is 6.08 Å². The second-order valence-corrected chi connectivity index (χ2v) is 5.82. The molecule has 1 aliphatic rings. The Labute approximate surface area is 119 Å². The van der Waals surface area contributed by atoms with E-state index >= 15 is 0 Å². The predicted molar refractivity (Wildman–Crippen MR) is 68.8 cm³/mol. The number of H-pyrrole nitrogens is 1. The van der Waals surface area contributed by atoms with Crippen molar-refractivity contribution >= 4 is 13.2 Å². The van der Waals surface area contributed by atoms with E-state index in [4.69, 9.17) is 9.31 Å². The van der Waals surface area contributed by atoms with Crippen LogP contribution in [0.1, 0.15) is 39.0 Å². The smallest absolute Gasteiger partial charge is 0.398 e. The van der Waals surface area contributed by atoms with Crippen molar-refractivity contribution in [1.82, 2.24) is 10.2 Å². The van der Waals surface area contributed by atoms with Crippen molar-refractivity contribution in [3.8, 4) is 0 Å². The Balaban J connectivity index is 2.26. The molecular weight excluding hydrogens is 291 g/mol. The number of alkyl halides is 3. The standard InChI is InChI=1S/C12H15BF4N2O2/c1-10(2)11(3,4)21-13(20-10)8(14)5-7-6-18-19-9(7)12(15,16)17/h5-6H,1-4H3,(H,18,19). The van der Waals surface area contributed by atoms with E-state index in [1.54, 1.807) is 32.8 Å². The van der Waals surface area contributed by atoms with Crippen LogP contribution in [0.2, 0.25) is 0 Å². The molecule has 0 atom stereocenters. The van der Waals surface area contributed by atoms with Gasteiger partial charge in [-0.05, 0) is 33.8 Å². The highest BCUT2D eigenvalue weighted by atomic mass is 19.4. The van der Waals surface area contributed by atoms with Crippen LogP contribution >= 0.6 is 0 Å². The van der Waals surface area contributed by atoms with E-state index in [9.17, 15) is 17.6 Å². The summed E-state index contributed by atoms with van der Waals surface area (Å²) in [5, 5.41) is 5.09. The summed E-state index contributed by atoms with van der Waals surface area (Å²) in [6.07, 6.45) is -3.03. The maximum atomic E-state index is 14.1. The van der Waals surface area contributed by atoms with Crippen LogP contribution in [0, 0.1) is 0 Å². The minimum atomic E-state index is -4.64. The van der Waals surface area contributed by atoms with Gasteiger partial charge in [-0.1, -0.05) is 0 Å². The van der Waals surface area contributed by atoms with Crippen LogP contribution in [-0.2, 0) is 15.5 Å². The fourth-order valence-corrected chi connectivity index (χ4v) is 1.80. The molecule has 1 aliphatic heterocycles. The molecular formula is C12H15BF4N2O2. The Morgan fingerprint density at radius 1 is 1.24 bits per heavy atom. The van der Waals surface area contributed by atoms with E-state index in [1.165, 1.54) is 0 Å². The third kappa shape index (κ3) is 2.98. The fourth-order valence-electron chi connectivity index (χ4n) is 1.80. The molecule has 2 rings (SSSR count). The van der Waals surface area contributed by atoms with Crippen molar-refractivity contribution in [3.63, 3.8) is 0 Å². The van der Waals surface area contributed by atoms with Gasteiger partial charge >= 0.3 is 13.3 Å². The zero-order chi connectivity index (χ0) is 16.1. The molecule has 4 nitrogen and oxygen atoms in total. The lowest BCUT2D eigenvalue weighted by Gasteiger charge is -2.32. The number of rotatable bonds is 2. The molecule has 0 amide bonds. The number of aromatic amines is 1. The first-order valence-corrected chi connectivity index (χ1v) is 6.27. The average Bonchev–Trinajstić information content (AvgIpc) is 2.81.